The number of furan rings is 1. The first-order valence-electron chi connectivity index (χ1n) is 19.9. The summed E-state index contributed by atoms with van der Waals surface area (Å²) in [5, 5.41) is 14.6. The van der Waals surface area contributed by atoms with Gasteiger partial charge in [-0.15, -0.1) is 0 Å². The number of nitrogens with zero attached hydrogens (tertiary/aromatic N) is 1. The van der Waals surface area contributed by atoms with E-state index < -0.39 is 0 Å². The molecule has 0 saturated heterocycles. The number of hydrogen-bond donors (Lipinski definition) is 0. The van der Waals surface area contributed by atoms with Gasteiger partial charge in [0.25, 0.3) is 0 Å². The molecule has 1 heterocycles. The lowest BCUT2D eigenvalue weighted by atomic mass is 9.94. The van der Waals surface area contributed by atoms with Crippen LogP contribution in [0.25, 0.3) is 98.1 Å². The van der Waals surface area contributed by atoms with Crippen molar-refractivity contribution < 1.29 is 4.42 Å². The van der Waals surface area contributed by atoms with Gasteiger partial charge in [0.15, 0.2) is 0 Å². The molecule has 0 saturated carbocycles. The van der Waals surface area contributed by atoms with Crippen molar-refractivity contribution >= 4 is 92.9 Å². The average molecular weight is 738 g/mol. The van der Waals surface area contributed by atoms with Crippen molar-refractivity contribution in [3.63, 3.8) is 0 Å². The molecule has 0 aliphatic carbocycles. The molecule has 12 rings (SSSR count). The van der Waals surface area contributed by atoms with Crippen molar-refractivity contribution in [2.75, 3.05) is 4.90 Å². The Kier molecular flexibility index (Phi) is 7.26. The predicted molar refractivity (Wildman–Crippen MR) is 247 cm³/mol. The number of anilines is 3. The van der Waals surface area contributed by atoms with Crippen LogP contribution in [-0.2, 0) is 0 Å². The zero-order chi connectivity index (χ0) is 38.2. The highest BCUT2D eigenvalue weighted by atomic mass is 16.3. The standard InChI is InChI=1S/C56H35NO/c1-4-13-44-36(10-1)20-21-40-34-43(29-32-47(40)44)57(42-27-22-39(23-28-42)46-17-9-18-50-45-14-5-2-11-37(45)24-30-51(46)50)54-19-8-7-15-48(54)41-26-33-55-53(35-41)52-31-25-38-12-3-6-16-49(38)56(52)58-55/h1-35H. The summed E-state index contributed by atoms with van der Waals surface area (Å²) in [6.45, 7) is 0. The Balaban J connectivity index is 1.03. The van der Waals surface area contributed by atoms with Crippen LogP contribution < -0.4 is 4.90 Å². The summed E-state index contributed by atoms with van der Waals surface area (Å²) >= 11 is 0. The second-order valence-electron chi connectivity index (χ2n) is 15.3. The van der Waals surface area contributed by atoms with Crippen molar-refractivity contribution in [3.05, 3.63) is 212 Å². The van der Waals surface area contributed by atoms with E-state index in [4.69, 9.17) is 4.42 Å². The maximum atomic E-state index is 6.53. The quantitative estimate of drug-likeness (QED) is 0.164. The smallest absolute Gasteiger partial charge is 0.143 e. The highest BCUT2D eigenvalue weighted by molar-refractivity contribution is 6.16. The first kappa shape index (κ1) is 32.6. The molecule has 0 amide bonds. The van der Waals surface area contributed by atoms with Crippen LogP contribution in [0, 0.1) is 0 Å². The zero-order valence-electron chi connectivity index (χ0n) is 31.6. The van der Waals surface area contributed by atoms with E-state index in [0.29, 0.717) is 0 Å². The van der Waals surface area contributed by atoms with E-state index in [9.17, 15) is 0 Å². The average Bonchev–Trinajstić information content (AvgIpc) is 3.68. The topological polar surface area (TPSA) is 16.4 Å². The van der Waals surface area contributed by atoms with Crippen molar-refractivity contribution in [3.8, 4) is 22.3 Å². The third-order valence-electron chi connectivity index (χ3n) is 12.0. The lowest BCUT2D eigenvalue weighted by Gasteiger charge is -2.28. The summed E-state index contributed by atoms with van der Waals surface area (Å²) in [6.07, 6.45) is 0. The summed E-state index contributed by atoms with van der Waals surface area (Å²) in [7, 11) is 0. The largest absolute Gasteiger partial charge is 0.455 e. The molecule has 0 atom stereocenters. The third kappa shape index (κ3) is 5.12. The van der Waals surface area contributed by atoms with Crippen molar-refractivity contribution in [1.82, 2.24) is 0 Å². The fourth-order valence-electron chi connectivity index (χ4n) is 9.23. The normalized spacial score (nSPS) is 11.8. The Hall–Kier alpha value is -7.68. The van der Waals surface area contributed by atoms with Gasteiger partial charge in [-0.1, -0.05) is 164 Å². The molecule has 1 aromatic heterocycles. The fraction of sp³-hybridized carbons (Fsp3) is 0. The molecule has 0 aliphatic rings. The molecular weight excluding hydrogens is 703 g/mol. The van der Waals surface area contributed by atoms with Gasteiger partial charge in [-0.05, 0) is 114 Å². The van der Waals surface area contributed by atoms with E-state index in [2.05, 4.69) is 217 Å². The zero-order valence-corrected chi connectivity index (χ0v) is 31.6. The van der Waals surface area contributed by atoms with Crippen LogP contribution in [0.1, 0.15) is 0 Å². The molecule has 270 valence electrons. The van der Waals surface area contributed by atoms with E-state index in [-0.39, 0.29) is 0 Å². The minimum absolute atomic E-state index is 0.892. The Bertz CT molecular complexity index is 3580. The molecule has 0 spiro atoms. The Morgan fingerprint density at radius 3 is 1.66 bits per heavy atom. The van der Waals surface area contributed by atoms with Gasteiger partial charge in [0.1, 0.15) is 11.2 Å². The number of para-hydroxylation sites is 1. The van der Waals surface area contributed by atoms with Crippen LogP contribution in [0.4, 0.5) is 17.1 Å². The summed E-state index contributed by atoms with van der Waals surface area (Å²) in [4.78, 5) is 2.41. The molecule has 0 bridgehead atoms. The number of benzene rings is 11. The van der Waals surface area contributed by atoms with Gasteiger partial charge in [-0.2, -0.15) is 0 Å². The molecule has 0 N–H and O–H groups in total. The highest BCUT2D eigenvalue weighted by Gasteiger charge is 2.20. The van der Waals surface area contributed by atoms with Gasteiger partial charge >= 0.3 is 0 Å². The molecule has 11 aromatic carbocycles. The van der Waals surface area contributed by atoms with Crippen LogP contribution in [0.2, 0.25) is 0 Å². The molecule has 2 heteroatoms. The predicted octanol–water partition coefficient (Wildman–Crippen LogP) is 16.2. The lowest BCUT2D eigenvalue weighted by molar-refractivity contribution is 0.672. The van der Waals surface area contributed by atoms with Crippen LogP contribution in [-0.4, -0.2) is 0 Å². The summed E-state index contributed by atoms with van der Waals surface area (Å²) in [5.41, 5.74) is 9.80. The Morgan fingerprint density at radius 2 is 0.845 bits per heavy atom. The third-order valence-corrected chi connectivity index (χ3v) is 12.0. The van der Waals surface area contributed by atoms with Gasteiger partial charge in [-0.3, -0.25) is 0 Å². The molecule has 0 unspecified atom stereocenters. The van der Waals surface area contributed by atoms with Crippen molar-refractivity contribution in [2.24, 2.45) is 0 Å². The molecule has 0 aliphatic heterocycles. The molecule has 2 nitrogen and oxygen atoms in total. The second-order valence-corrected chi connectivity index (χ2v) is 15.3. The minimum atomic E-state index is 0.892. The van der Waals surface area contributed by atoms with Gasteiger partial charge in [0.05, 0.1) is 5.69 Å². The van der Waals surface area contributed by atoms with Gasteiger partial charge in [0, 0.05) is 33.1 Å². The van der Waals surface area contributed by atoms with E-state index in [1.807, 2.05) is 0 Å². The molecule has 0 fully saturated rings. The highest BCUT2D eigenvalue weighted by Crippen LogP contribution is 2.45. The summed E-state index contributed by atoms with van der Waals surface area (Å²) in [6, 6.07) is 77.2. The maximum absolute atomic E-state index is 6.53. The van der Waals surface area contributed by atoms with E-state index >= 15 is 0 Å². The monoisotopic (exact) mass is 737 g/mol. The molecular formula is C56H35NO. The van der Waals surface area contributed by atoms with Crippen LogP contribution in [0.15, 0.2) is 217 Å². The maximum Gasteiger partial charge on any atom is 0.143 e. The molecule has 58 heavy (non-hydrogen) atoms. The van der Waals surface area contributed by atoms with Crippen molar-refractivity contribution in [2.45, 2.75) is 0 Å². The molecule has 0 radical (unpaired) electrons. The Labute approximate surface area is 335 Å². The van der Waals surface area contributed by atoms with Gasteiger partial charge in [0.2, 0.25) is 0 Å². The van der Waals surface area contributed by atoms with E-state index in [1.54, 1.807) is 0 Å². The number of rotatable bonds is 5. The SMILES string of the molecule is c1ccc(N(c2ccc(-c3cccc4c3ccc3ccccc34)cc2)c2ccc3c(ccc4ccccc43)c2)c(-c2ccc3oc4c5ccccc5ccc4c3c2)c1. The fourth-order valence-corrected chi connectivity index (χ4v) is 9.23. The molecule has 12 aromatic rings. The van der Waals surface area contributed by atoms with Crippen molar-refractivity contribution in [1.29, 1.82) is 0 Å². The van der Waals surface area contributed by atoms with Crippen LogP contribution >= 0.6 is 0 Å². The number of hydrogen-bond acceptors (Lipinski definition) is 2. The Morgan fingerprint density at radius 1 is 0.293 bits per heavy atom. The first-order chi connectivity index (χ1) is 28.7. The van der Waals surface area contributed by atoms with Gasteiger partial charge < -0.3 is 9.32 Å². The van der Waals surface area contributed by atoms with Crippen LogP contribution in [0.3, 0.4) is 0 Å². The van der Waals surface area contributed by atoms with Crippen LogP contribution in [0.5, 0.6) is 0 Å². The lowest BCUT2D eigenvalue weighted by Crippen LogP contribution is -2.11. The number of fused-ring (bicyclic) bond motifs is 11. The van der Waals surface area contributed by atoms with E-state index in [1.165, 1.54) is 59.6 Å². The minimum Gasteiger partial charge on any atom is -0.455 e. The summed E-state index contributed by atoms with van der Waals surface area (Å²) in [5.74, 6) is 0. The van der Waals surface area contributed by atoms with E-state index in [0.717, 1.165) is 55.5 Å². The van der Waals surface area contributed by atoms with Gasteiger partial charge in [-0.25, -0.2) is 0 Å². The second kappa shape index (κ2) is 12.9. The summed E-state index contributed by atoms with van der Waals surface area (Å²) < 4.78 is 6.53. The first-order valence-corrected chi connectivity index (χ1v) is 19.9.